The van der Waals surface area contributed by atoms with Crippen LogP contribution in [0.3, 0.4) is 0 Å². The molecule has 6 rings (SSSR count). The largest absolute Gasteiger partial charge is 0.497 e. The number of rotatable bonds is 6. The van der Waals surface area contributed by atoms with Gasteiger partial charge in [-0.1, -0.05) is 36.1 Å². The van der Waals surface area contributed by atoms with E-state index in [-0.39, 0.29) is 30.6 Å². The first kappa shape index (κ1) is 31.5. The van der Waals surface area contributed by atoms with Crippen molar-refractivity contribution in [1.82, 2.24) is 13.5 Å². The summed E-state index contributed by atoms with van der Waals surface area (Å²) in [7, 11) is 0.914. The molecule has 2 aromatic rings. The number of carbonyl (C=O) groups is 1. The molecule has 3 atom stereocenters. The molecule has 0 aromatic heterocycles. The molecule has 0 N–H and O–H groups in total. The van der Waals surface area contributed by atoms with Gasteiger partial charge in [-0.05, 0) is 86.8 Å². The fraction of sp³-hybridized carbons (Fsp3) is 0.559. The van der Waals surface area contributed by atoms with E-state index >= 15 is 0 Å². The molecule has 0 unspecified atom stereocenters. The van der Waals surface area contributed by atoms with Crippen molar-refractivity contribution in [3.63, 3.8) is 0 Å². The maximum absolute atomic E-state index is 13.8. The fourth-order valence-corrected chi connectivity index (χ4v) is 8.14. The highest BCUT2D eigenvalue weighted by Gasteiger charge is 2.48. The zero-order valence-electron chi connectivity index (χ0n) is 25.9. The average Bonchev–Trinajstić information content (AvgIpc) is 3.33. The van der Waals surface area contributed by atoms with Gasteiger partial charge in [0, 0.05) is 45.1 Å². The van der Waals surface area contributed by atoms with E-state index in [1.54, 1.807) is 25.5 Å². The van der Waals surface area contributed by atoms with Crippen molar-refractivity contribution in [2.75, 3.05) is 27.8 Å². The summed E-state index contributed by atoms with van der Waals surface area (Å²) in [4.78, 5) is 15.7. The standard InChI is InChI=1S/C34H45N3O5S/c1-25-21-32(36(43(39,40)35(2)3)23-27-13-17-30(41-4)18-14-27)33-24-42-31-19-15-28(16-20-31)29-11-8-10-26(22-29)9-6-5-7-12-34(38)37(25)33/h8,10-11,13-14,17-18,22,25,28,31-33H,5,7,12,15-16,19-21,23-24H2,1-4H3/t25-,28?,31?,32+,33+/m1/s1. The van der Waals surface area contributed by atoms with Gasteiger partial charge in [-0.2, -0.15) is 17.0 Å². The van der Waals surface area contributed by atoms with Crippen molar-refractivity contribution in [1.29, 1.82) is 0 Å². The number of nitrogens with zero attached hydrogens (tertiary/aromatic N) is 3. The van der Waals surface area contributed by atoms with E-state index in [0.29, 0.717) is 44.0 Å². The molecule has 8 nitrogen and oxygen atoms in total. The second-order valence-electron chi connectivity index (χ2n) is 12.3. The summed E-state index contributed by atoms with van der Waals surface area (Å²) in [6.45, 7) is 2.53. The minimum atomic E-state index is -3.82. The number of methoxy groups -OCH3 is 1. The van der Waals surface area contributed by atoms with E-state index in [1.807, 2.05) is 36.1 Å². The second-order valence-corrected chi connectivity index (χ2v) is 14.4. The smallest absolute Gasteiger partial charge is 0.282 e. The summed E-state index contributed by atoms with van der Waals surface area (Å²) in [5.74, 6) is 7.80. The Kier molecular flexibility index (Phi) is 10.1. The number of benzene rings is 2. The number of hydrogen-bond acceptors (Lipinski definition) is 5. The lowest BCUT2D eigenvalue weighted by atomic mass is 9.82. The van der Waals surface area contributed by atoms with Gasteiger partial charge < -0.3 is 14.4 Å². The van der Waals surface area contributed by atoms with Crippen LogP contribution >= 0.6 is 0 Å². The van der Waals surface area contributed by atoms with Crippen molar-refractivity contribution in [3.8, 4) is 17.6 Å². The average molecular weight is 608 g/mol. The molecule has 9 heteroatoms. The molecule has 3 aliphatic heterocycles. The summed E-state index contributed by atoms with van der Waals surface area (Å²) in [5, 5.41) is 0. The molecule has 0 spiro atoms. The number of amides is 1. The van der Waals surface area contributed by atoms with Crippen molar-refractivity contribution >= 4 is 16.1 Å². The zero-order valence-corrected chi connectivity index (χ0v) is 26.7. The van der Waals surface area contributed by atoms with E-state index in [1.165, 1.54) is 9.87 Å². The van der Waals surface area contributed by atoms with Crippen LogP contribution in [0.25, 0.3) is 0 Å². The highest BCUT2D eigenvalue weighted by molar-refractivity contribution is 7.86. The molecule has 3 heterocycles. The molecule has 1 aliphatic carbocycles. The Morgan fingerprint density at radius 3 is 2.51 bits per heavy atom. The predicted octanol–water partition coefficient (Wildman–Crippen LogP) is 4.94. The lowest BCUT2D eigenvalue weighted by Gasteiger charge is -2.37. The molecule has 4 aliphatic rings. The van der Waals surface area contributed by atoms with Crippen LogP contribution in [-0.2, 0) is 26.3 Å². The van der Waals surface area contributed by atoms with Crippen LogP contribution in [0, 0.1) is 11.8 Å². The Balaban J connectivity index is 1.44. The molecule has 2 fully saturated rings. The van der Waals surface area contributed by atoms with Crippen molar-refractivity contribution in [2.45, 2.75) is 95.0 Å². The van der Waals surface area contributed by atoms with Gasteiger partial charge >= 0.3 is 0 Å². The highest BCUT2D eigenvalue weighted by atomic mass is 32.2. The second kappa shape index (κ2) is 13.8. The fourth-order valence-electron chi connectivity index (χ4n) is 6.84. The van der Waals surface area contributed by atoms with E-state index < -0.39 is 16.3 Å². The summed E-state index contributed by atoms with van der Waals surface area (Å²) >= 11 is 0. The van der Waals surface area contributed by atoms with Gasteiger partial charge in [-0.25, -0.2) is 0 Å². The quantitative estimate of drug-likeness (QED) is 0.435. The molecule has 0 radical (unpaired) electrons. The van der Waals surface area contributed by atoms with Gasteiger partial charge in [0.1, 0.15) is 5.75 Å². The van der Waals surface area contributed by atoms with E-state index in [0.717, 1.165) is 36.8 Å². The third-order valence-corrected chi connectivity index (χ3v) is 11.1. The third kappa shape index (κ3) is 7.26. The molecule has 1 saturated carbocycles. The molecule has 1 saturated heterocycles. The Bertz CT molecular complexity index is 1420. The third-order valence-electron chi connectivity index (χ3n) is 9.23. The maximum atomic E-state index is 13.8. The summed E-state index contributed by atoms with van der Waals surface area (Å²) in [6.07, 6.45) is 6.23. The number of hydrogen-bond donors (Lipinski definition) is 0. The molecular weight excluding hydrogens is 562 g/mol. The minimum absolute atomic E-state index is 0.0343. The van der Waals surface area contributed by atoms with Gasteiger partial charge in [0.2, 0.25) is 5.91 Å². The van der Waals surface area contributed by atoms with Crippen LogP contribution in [0.1, 0.15) is 80.9 Å². The normalized spacial score (nSPS) is 26.6. The number of ether oxygens (including phenoxy) is 2. The zero-order chi connectivity index (χ0) is 30.6. The van der Waals surface area contributed by atoms with E-state index in [2.05, 4.69) is 36.1 Å². The number of fused-ring (bicyclic) bond motifs is 7. The Labute approximate surface area is 257 Å². The van der Waals surface area contributed by atoms with E-state index in [4.69, 9.17) is 9.47 Å². The molecule has 4 bridgehead atoms. The monoisotopic (exact) mass is 607 g/mol. The maximum Gasteiger partial charge on any atom is 0.282 e. The molecule has 232 valence electrons. The number of carbonyl (C=O) groups excluding carboxylic acids is 1. The molecule has 43 heavy (non-hydrogen) atoms. The highest BCUT2D eigenvalue weighted by Crippen LogP contribution is 2.37. The predicted molar refractivity (Wildman–Crippen MR) is 168 cm³/mol. The topological polar surface area (TPSA) is 79.4 Å². The summed E-state index contributed by atoms with van der Waals surface area (Å²) in [5.41, 5.74) is 3.22. The molecular formula is C34H45N3O5S. The van der Waals surface area contributed by atoms with Crippen LogP contribution in [0.2, 0.25) is 0 Å². The summed E-state index contributed by atoms with van der Waals surface area (Å²) < 4.78 is 42.4. The summed E-state index contributed by atoms with van der Waals surface area (Å²) in [6, 6.07) is 15.1. The Hall–Kier alpha value is -2.90. The Morgan fingerprint density at radius 2 is 1.81 bits per heavy atom. The van der Waals surface area contributed by atoms with Crippen LogP contribution in [-0.4, -0.2) is 79.9 Å². The molecule has 1 amide bonds. The first-order chi connectivity index (χ1) is 20.7. The van der Waals surface area contributed by atoms with Crippen molar-refractivity contribution in [2.24, 2.45) is 0 Å². The SMILES string of the molecule is COc1ccc(CN([C@H]2C[C@@H](C)N3C(=O)CCCC#Cc4cccc(c4)C4CCC(CC4)OC[C@@H]23)S(=O)(=O)N(C)C)cc1. The van der Waals surface area contributed by atoms with Crippen LogP contribution in [0.4, 0.5) is 0 Å². The first-order valence-electron chi connectivity index (χ1n) is 15.5. The van der Waals surface area contributed by atoms with Gasteiger partial charge in [0.15, 0.2) is 0 Å². The Morgan fingerprint density at radius 1 is 1.07 bits per heavy atom. The van der Waals surface area contributed by atoms with Gasteiger partial charge in [0.05, 0.1) is 31.9 Å². The van der Waals surface area contributed by atoms with Gasteiger partial charge in [0.25, 0.3) is 10.2 Å². The van der Waals surface area contributed by atoms with Crippen LogP contribution in [0.5, 0.6) is 5.75 Å². The van der Waals surface area contributed by atoms with E-state index in [9.17, 15) is 13.2 Å². The van der Waals surface area contributed by atoms with Crippen molar-refractivity contribution in [3.05, 3.63) is 65.2 Å². The lowest BCUT2D eigenvalue weighted by Crippen LogP contribution is -2.53. The van der Waals surface area contributed by atoms with Crippen LogP contribution in [0.15, 0.2) is 48.5 Å². The van der Waals surface area contributed by atoms with Crippen LogP contribution < -0.4 is 4.74 Å². The van der Waals surface area contributed by atoms with Gasteiger partial charge in [-0.3, -0.25) is 4.79 Å². The minimum Gasteiger partial charge on any atom is -0.497 e. The lowest BCUT2D eigenvalue weighted by molar-refractivity contribution is -0.136. The first-order valence-corrected chi connectivity index (χ1v) is 16.9. The van der Waals surface area contributed by atoms with Crippen molar-refractivity contribution < 1.29 is 22.7 Å². The molecule has 2 aromatic carbocycles. The van der Waals surface area contributed by atoms with Gasteiger partial charge in [-0.15, -0.1) is 0 Å².